The standard InChI is InChI=1S/C14H10Cl2N2O2S/c15-10-6-5-9(7-11(10)16)8-14-17-12-3-1-2-4-13(12)21(19,20)18-14/h1-7H,8H2,(H,17,18). The summed E-state index contributed by atoms with van der Waals surface area (Å²) in [5.74, 6) is 0.354. The molecule has 1 heterocycles. The summed E-state index contributed by atoms with van der Waals surface area (Å²) in [6.45, 7) is 0. The second kappa shape index (κ2) is 5.33. The molecule has 1 aliphatic heterocycles. The highest BCUT2D eigenvalue weighted by molar-refractivity contribution is 7.90. The number of hydrogen-bond donors (Lipinski definition) is 1. The summed E-state index contributed by atoms with van der Waals surface area (Å²) in [6, 6.07) is 11.8. The molecule has 0 saturated carbocycles. The lowest BCUT2D eigenvalue weighted by atomic mass is 10.1. The third kappa shape index (κ3) is 2.90. The summed E-state index contributed by atoms with van der Waals surface area (Å²) in [6.07, 6.45) is 0.324. The van der Waals surface area contributed by atoms with Crippen LogP contribution in [0.15, 0.2) is 51.8 Å². The Bertz CT molecular complexity index is 848. The first-order chi connectivity index (χ1) is 9.95. The molecule has 4 nitrogen and oxygen atoms in total. The highest BCUT2D eigenvalue weighted by Crippen LogP contribution is 2.28. The molecule has 0 aliphatic carbocycles. The van der Waals surface area contributed by atoms with Crippen LogP contribution in [-0.4, -0.2) is 14.3 Å². The number of amidine groups is 1. The van der Waals surface area contributed by atoms with Crippen molar-refractivity contribution in [2.45, 2.75) is 11.3 Å². The van der Waals surface area contributed by atoms with E-state index in [0.29, 0.717) is 28.0 Å². The minimum absolute atomic E-state index is 0.183. The molecule has 3 rings (SSSR count). The van der Waals surface area contributed by atoms with Crippen molar-refractivity contribution >= 4 is 44.7 Å². The minimum atomic E-state index is -3.66. The molecule has 0 unspecified atom stereocenters. The Hall–Kier alpha value is -1.56. The maximum atomic E-state index is 12.1. The Balaban J connectivity index is 1.95. The van der Waals surface area contributed by atoms with Crippen LogP contribution in [0, 0.1) is 0 Å². The topological polar surface area (TPSA) is 58.5 Å². The number of para-hydroxylation sites is 1. The van der Waals surface area contributed by atoms with Crippen molar-refractivity contribution in [3.8, 4) is 0 Å². The number of rotatable bonds is 2. The molecule has 0 radical (unpaired) electrons. The monoisotopic (exact) mass is 340 g/mol. The molecule has 0 saturated heterocycles. The number of sulfonamides is 1. The van der Waals surface area contributed by atoms with Crippen molar-refractivity contribution in [3.63, 3.8) is 0 Å². The maximum Gasteiger partial charge on any atom is 0.286 e. The minimum Gasteiger partial charge on any atom is -0.342 e. The molecule has 0 bridgehead atoms. The Morgan fingerprint density at radius 3 is 2.57 bits per heavy atom. The first-order valence-corrected chi connectivity index (χ1v) is 8.29. The van der Waals surface area contributed by atoms with Gasteiger partial charge in [-0.1, -0.05) is 41.4 Å². The first-order valence-electron chi connectivity index (χ1n) is 6.09. The van der Waals surface area contributed by atoms with Crippen LogP contribution in [0.3, 0.4) is 0 Å². The van der Waals surface area contributed by atoms with E-state index in [1.807, 2.05) is 0 Å². The van der Waals surface area contributed by atoms with Gasteiger partial charge < -0.3 is 5.32 Å². The van der Waals surface area contributed by atoms with E-state index in [9.17, 15) is 8.42 Å². The molecule has 2 aromatic rings. The van der Waals surface area contributed by atoms with Gasteiger partial charge in [0.2, 0.25) is 0 Å². The van der Waals surface area contributed by atoms with Crippen molar-refractivity contribution < 1.29 is 8.42 Å². The van der Waals surface area contributed by atoms with E-state index in [1.165, 1.54) is 6.07 Å². The Labute approximate surface area is 132 Å². The van der Waals surface area contributed by atoms with Crippen LogP contribution < -0.4 is 5.32 Å². The molecule has 2 aromatic carbocycles. The molecule has 0 amide bonds. The molecule has 1 N–H and O–H groups in total. The lowest BCUT2D eigenvalue weighted by Gasteiger charge is -2.18. The average Bonchev–Trinajstić information content (AvgIpc) is 2.42. The van der Waals surface area contributed by atoms with E-state index in [4.69, 9.17) is 23.2 Å². The highest BCUT2D eigenvalue weighted by atomic mass is 35.5. The zero-order chi connectivity index (χ0) is 15.0. The zero-order valence-electron chi connectivity index (χ0n) is 10.7. The van der Waals surface area contributed by atoms with Gasteiger partial charge in [-0.05, 0) is 29.8 Å². The van der Waals surface area contributed by atoms with Gasteiger partial charge in [0.1, 0.15) is 10.7 Å². The van der Waals surface area contributed by atoms with Gasteiger partial charge in [0.25, 0.3) is 10.0 Å². The van der Waals surface area contributed by atoms with Gasteiger partial charge in [-0.25, -0.2) is 0 Å². The number of nitrogens with one attached hydrogen (secondary N) is 1. The van der Waals surface area contributed by atoms with Crippen LogP contribution in [0.2, 0.25) is 10.0 Å². The highest BCUT2D eigenvalue weighted by Gasteiger charge is 2.24. The quantitative estimate of drug-likeness (QED) is 0.905. The Morgan fingerprint density at radius 1 is 1.05 bits per heavy atom. The molecule has 0 fully saturated rings. The zero-order valence-corrected chi connectivity index (χ0v) is 13.0. The molecule has 0 spiro atoms. The average molecular weight is 341 g/mol. The van der Waals surface area contributed by atoms with Gasteiger partial charge >= 0.3 is 0 Å². The van der Waals surface area contributed by atoms with E-state index in [2.05, 4.69) is 9.71 Å². The Morgan fingerprint density at radius 2 is 1.81 bits per heavy atom. The van der Waals surface area contributed by atoms with Gasteiger partial charge in [0, 0.05) is 6.42 Å². The molecule has 7 heteroatoms. The smallest absolute Gasteiger partial charge is 0.286 e. The number of hydrogen-bond acceptors (Lipinski definition) is 3. The molecule has 108 valence electrons. The van der Waals surface area contributed by atoms with Crippen LogP contribution in [0.25, 0.3) is 0 Å². The van der Waals surface area contributed by atoms with E-state index < -0.39 is 10.0 Å². The maximum absolute atomic E-state index is 12.1. The van der Waals surface area contributed by atoms with Crippen molar-refractivity contribution in [1.29, 1.82) is 0 Å². The lowest BCUT2D eigenvalue weighted by molar-refractivity contribution is 0.597. The number of nitrogens with zero attached hydrogens (tertiary/aromatic N) is 1. The normalized spacial score (nSPS) is 15.8. The summed E-state index contributed by atoms with van der Waals surface area (Å²) in [5.41, 5.74) is 1.35. The van der Waals surface area contributed by atoms with E-state index in [0.717, 1.165) is 5.56 Å². The van der Waals surface area contributed by atoms with Crippen molar-refractivity contribution in [1.82, 2.24) is 0 Å². The molecular weight excluding hydrogens is 331 g/mol. The predicted molar refractivity (Wildman–Crippen MR) is 84.9 cm³/mol. The fraction of sp³-hybridized carbons (Fsp3) is 0.0714. The van der Waals surface area contributed by atoms with Crippen LogP contribution in [0.4, 0.5) is 5.69 Å². The van der Waals surface area contributed by atoms with Crippen LogP contribution in [-0.2, 0) is 16.4 Å². The lowest BCUT2D eigenvalue weighted by Crippen LogP contribution is -2.23. The van der Waals surface area contributed by atoms with Crippen LogP contribution in [0.5, 0.6) is 0 Å². The number of benzene rings is 2. The van der Waals surface area contributed by atoms with E-state index >= 15 is 0 Å². The summed E-state index contributed by atoms with van der Waals surface area (Å²) in [5, 5.41) is 3.91. The molecule has 0 aromatic heterocycles. The molecule has 21 heavy (non-hydrogen) atoms. The largest absolute Gasteiger partial charge is 0.342 e. The Kier molecular flexibility index (Phi) is 3.65. The van der Waals surface area contributed by atoms with Gasteiger partial charge in [-0.15, -0.1) is 4.40 Å². The van der Waals surface area contributed by atoms with Gasteiger partial charge in [0.15, 0.2) is 0 Å². The summed E-state index contributed by atoms with van der Waals surface area (Å²) >= 11 is 11.8. The number of halogens is 2. The molecule has 1 aliphatic rings. The van der Waals surface area contributed by atoms with Gasteiger partial charge in [0.05, 0.1) is 15.7 Å². The molecular formula is C14H10Cl2N2O2S. The van der Waals surface area contributed by atoms with Gasteiger partial charge in [-0.3, -0.25) is 0 Å². The van der Waals surface area contributed by atoms with Crippen LogP contribution >= 0.6 is 23.2 Å². The number of fused-ring (bicyclic) bond motifs is 1. The SMILES string of the molecule is O=S1(=O)N=C(Cc2ccc(Cl)c(Cl)c2)Nc2ccccc21. The fourth-order valence-corrected chi connectivity index (χ4v) is 3.55. The fourth-order valence-electron chi connectivity index (χ4n) is 2.09. The van der Waals surface area contributed by atoms with E-state index in [-0.39, 0.29) is 4.90 Å². The van der Waals surface area contributed by atoms with Crippen molar-refractivity contribution in [2.75, 3.05) is 5.32 Å². The predicted octanol–water partition coefficient (Wildman–Crippen LogP) is 3.75. The third-order valence-corrected chi connectivity index (χ3v) is 5.14. The van der Waals surface area contributed by atoms with Crippen LogP contribution in [0.1, 0.15) is 5.56 Å². The summed E-state index contributed by atoms with van der Waals surface area (Å²) < 4.78 is 28.0. The van der Waals surface area contributed by atoms with Crippen molar-refractivity contribution in [2.24, 2.45) is 4.40 Å². The number of anilines is 1. The second-order valence-electron chi connectivity index (χ2n) is 4.56. The second-order valence-corrected chi connectivity index (χ2v) is 6.95. The first kappa shape index (κ1) is 14.4. The molecule has 0 atom stereocenters. The summed E-state index contributed by atoms with van der Waals surface area (Å²) in [4.78, 5) is 0.183. The van der Waals surface area contributed by atoms with E-state index in [1.54, 1.807) is 36.4 Å². The summed E-state index contributed by atoms with van der Waals surface area (Å²) in [7, 11) is -3.66. The van der Waals surface area contributed by atoms with Crippen molar-refractivity contribution in [3.05, 3.63) is 58.1 Å². The van der Waals surface area contributed by atoms with Gasteiger partial charge in [-0.2, -0.15) is 8.42 Å². The third-order valence-electron chi connectivity index (χ3n) is 3.03.